The van der Waals surface area contributed by atoms with E-state index in [1.807, 2.05) is 0 Å². The van der Waals surface area contributed by atoms with Crippen molar-refractivity contribution in [3.63, 3.8) is 0 Å². The number of amides is 1. The first-order valence-electron chi connectivity index (χ1n) is 5.85. The third-order valence-electron chi connectivity index (χ3n) is 2.56. The third kappa shape index (κ3) is 4.59. The van der Waals surface area contributed by atoms with Gasteiger partial charge in [-0.2, -0.15) is 0 Å². The van der Waals surface area contributed by atoms with Crippen LogP contribution in [0.1, 0.15) is 5.56 Å². The van der Waals surface area contributed by atoms with Crippen molar-refractivity contribution in [3.05, 3.63) is 45.8 Å². The maximum Gasteiger partial charge on any atom is 0.229 e. The summed E-state index contributed by atoms with van der Waals surface area (Å²) in [4.78, 5) is 20.4. The zero-order chi connectivity index (χ0) is 15.4. The molecule has 1 aromatic carbocycles. The number of rotatable bonds is 4. The van der Waals surface area contributed by atoms with Crippen LogP contribution < -0.4 is 5.32 Å². The molecule has 110 valence electrons. The molecule has 21 heavy (non-hydrogen) atoms. The van der Waals surface area contributed by atoms with E-state index < -0.39 is 10.8 Å². The Labute approximate surface area is 137 Å². The summed E-state index contributed by atoms with van der Waals surface area (Å²) in [5.74, 6) is 0.147. The topological polar surface area (TPSA) is 72.0 Å². The highest BCUT2D eigenvalue weighted by Crippen LogP contribution is 2.21. The predicted molar refractivity (Wildman–Crippen MR) is 85.9 cm³/mol. The molecule has 1 amide bonds. The fourth-order valence-electron chi connectivity index (χ4n) is 1.64. The fraction of sp³-hybridized carbons (Fsp3) is 0.154. The minimum atomic E-state index is -1.15. The molecule has 0 fully saturated rings. The molecular weight excluding hydrogens is 378 g/mol. The molecule has 0 saturated heterocycles. The van der Waals surface area contributed by atoms with Crippen LogP contribution in [0, 0.1) is 0 Å². The molecule has 2 rings (SSSR count). The van der Waals surface area contributed by atoms with Gasteiger partial charge in [0, 0.05) is 6.26 Å². The molecule has 0 saturated carbocycles. The van der Waals surface area contributed by atoms with E-state index in [0.29, 0.717) is 20.3 Å². The van der Waals surface area contributed by atoms with Gasteiger partial charge in [-0.25, -0.2) is 9.97 Å². The van der Waals surface area contributed by atoms with E-state index in [4.69, 9.17) is 11.6 Å². The SMILES string of the molecule is CS(=O)c1ccc(CC(=O)Nc2cnc(Br)cn2)cc1Cl. The van der Waals surface area contributed by atoms with Crippen LogP contribution in [0.3, 0.4) is 0 Å². The predicted octanol–water partition coefficient (Wildman–Crippen LogP) is 2.81. The second-order valence-corrected chi connectivity index (χ2v) is 6.74. The highest BCUT2D eigenvalue weighted by molar-refractivity contribution is 9.10. The Balaban J connectivity index is 2.04. The number of anilines is 1. The molecule has 0 radical (unpaired) electrons. The zero-order valence-corrected chi connectivity index (χ0v) is 14.1. The first-order valence-corrected chi connectivity index (χ1v) is 8.58. The van der Waals surface area contributed by atoms with Gasteiger partial charge in [-0.3, -0.25) is 9.00 Å². The third-order valence-corrected chi connectivity index (χ3v) is 4.37. The number of aromatic nitrogens is 2. The normalized spacial score (nSPS) is 12.0. The molecule has 0 aliphatic rings. The van der Waals surface area contributed by atoms with E-state index in [2.05, 4.69) is 31.2 Å². The molecule has 5 nitrogen and oxygen atoms in total. The van der Waals surface area contributed by atoms with Crippen molar-refractivity contribution < 1.29 is 9.00 Å². The summed E-state index contributed by atoms with van der Waals surface area (Å²) >= 11 is 9.20. The summed E-state index contributed by atoms with van der Waals surface area (Å²) in [6.07, 6.45) is 4.66. The molecule has 8 heteroatoms. The van der Waals surface area contributed by atoms with Crippen LogP contribution in [0.25, 0.3) is 0 Å². The summed E-state index contributed by atoms with van der Waals surface area (Å²) in [5.41, 5.74) is 0.733. The number of hydrogen-bond donors (Lipinski definition) is 1. The van der Waals surface area contributed by atoms with Crippen LogP contribution in [-0.4, -0.2) is 26.3 Å². The quantitative estimate of drug-likeness (QED) is 0.874. The minimum absolute atomic E-state index is 0.147. The van der Waals surface area contributed by atoms with Gasteiger partial charge in [-0.05, 0) is 33.6 Å². The molecule has 0 aliphatic carbocycles. The van der Waals surface area contributed by atoms with Gasteiger partial charge >= 0.3 is 0 Å². The van der Waals surface area contributed by atoms with Gasteiger partial charge < -0.3 is 5.32 Å². The fourth-order valence-corrected chi connectivity index (χ4v) is 2.96. The van der Waals surface area contributed by atoms with Crippen molar-refractivity contribution in [2.75, 3.05) is 11.6 Å². The van der Waals surface area contributed by atoms with Gasteiger partial charge in [-0.15, -0.1) is 0 Å². The largest absolute Gasteiger partial charge is 0.309 e. The second kappa shape index (κ2) is 7.11. The maximum absolute atomic E-state index is 11.9. The highest BCUT2D eigenvalue weighted by Gasteiger charge is 2.09. The Morgan fingerprint density at radius 1 is 1.38 bits per heavy atom. The lowest BCUT2D eigenvalue weighted by molar-refractivity contribution is -0.115. The van der Waals surface area contributed by atoms with E-state index in [1.165, 1.54) is 12.4 Å². The molecule has 0 aliphatic heterocycles. The van der Waals surface area contributed by atoms with E-state index in [1.54, 1.807) is 24.5 Å². The second-order valence-electron chi connectivity index (χ2n) is 4.17. The maximum atomic E-state index is 11.9. The van der Waals surface area contributed by atoms with Gasteiger partial charge in [-0.1, -0.05) is 17.7 Å². The van der Waals surface area contributed by atoms with Crippen molar-refractivity contribution in [1.29, 1.82) is 0 Å². The molecule has 1 aromatic heterocycles. The summed E-state index contributed by atoms with van der Waals surface area (Å²) < 4.78 is 12.0. The zero-order valence-electron chi connectivity index (χ0n) is 11.0. The van der Waals surface area contributed by atoms with Gasteiger partial charge in [0.1, 0.15) is 4.60 Å². The Hall–Kier alpha value is -1.31. The van der Waals surface area contributed by atoms with Crippen molar-refractivity contribution in [3.8, 4) is 0 Å². The van der Waals surface area contributed by atoms with E-state index >= 15 is 0 Å². The molecule has 0 bridgehead atoms. The molecule has 1 N–H and O–H groups in total. The summed E-state index contributed by atoms with van der Waals surface area (Å²) in [6, 6.07) is 5.04. The molecular formula is C13H11BrClN3O2S. The Morgan fingerprint density at radius 3 is 2.71 bits per heavy atom. The summed E-state index contributed by atoms with van der Waals surface area (Å²) in [5, 5.41) is 3.03. The van der Waals surface area contributed by atoms with Gasteiger partial charge in [0.25, 0.3) is 0 Å². The lowest BCUT2D eigenvalue weighted by Gasteiger charge is -2.06. The van der Waals surface area contributed by atoms with Crippen molar-refractivity contribution >= 4 is 50.1 Å². The van der Waals surface area contributed by atoms with Crippen LogP contribution in [-0.2, 0) is 22.0 Å². The average molecular weight is 389 g/mol. The smallest absolute Gasteiger partial charge is 0.229 e. The molecule has 0 spiro atoms. The molecule has 1 heterocycles. The lowest BCUT2D eigenvalue weighted by atomic mass is 10.1. The van der Waals surface area contributed by atoms with Crippen LogP contribution >= 0.6 is 27.5 Å². The van der Waals surface area contributed by atoms with Crippen LogP contribution in [0.2, 0.25) is 5.02 Å². The average Bonchev–Trinajstić information content (AvgIpc) is 2.41. The van der Waals surface area contributed by atoms with Crippen molar-refractivity contribution in [1.82, 2.24) is 9.97 Å². The number of nitrogens with zero attached hydrogens (tertiary/aromatic N) is 2. The number of nitrogens with one attached hydrogen (secondary N) is 1. The highest BCUT2D eigenvalue weighted by atomic mass is 79.9. The Bertz CT molecular complexity index is 694. The monoisotopic (exact) mass is 387 g/mol. The number of carbonyl (C=O) groups excluding carboxylic acids is 1. The Kier molecular flexibility index (Phi) is 5.44. The number of carbonyl (C=O) groups is 1. The van der Waals surface area contributed by atoms with Crippen LogP contribution in [0.15, 0.2) is 40.1 Å². The molecule has 1 atom stereocenters. The molecule has 2 aromatic rings. The van der Waals surface area contributed by atoms with Crippen LogP contribution in [0.4, 0.5) is 5.82 Å². The van der Waals surface area contributed by atoms with E-state index in [9.17, 15) is 9.00 Å². The standard InChI is InChI=1S/C13H11BrClN3O2S/c1-21(20)10-3-2-8(4-9(10)15)5-13(19)18-12-7-16-11(14)6-17-12/h2-4,6-7H,5H2,1H3,(H,17,18,19). The summed E-state index contributed by atoms with van der Waals surface area (Å²) in [6.45, 7) is 0. The summed E-state index contributed by atoms with van der Waals surface area (Å²) in [7, 11) is -1.15. The lowest BCUT2D eigenvalue weighted by Crippen LogP contribution is -2.15. The first-order chi connectivity index (χ1) is 9.95. The minimum Gasteiger partial charge on any atom is -0.309 e. The number of benzene rings is 1. The van der Waals surface area contributed by atoms with E-state index in [-0.39, 0.29) is 12.3 Å². The van der Waals surface area contributed by atoms with E-state index in [0.717, 1.165) is 5.56 Å². The number of hydrogen-bond acceptors (Lipinski definition) is 4. The number of halogens is 2. The van der Waals surface area contributed by atoms with Gasteiger partial charge in [0.2, 0.25) is 5.91 Å². The first kappa shape index (κ1) is 16.1. The van der Waals surface area contributed by atoms with Crippen LogP contribution in [0.5, 0.6) is 0 Å². The van der Waals surface area contributed by atoms with Crippen molar-refractivity contribution in [2.24, 2.45) is 0 Å². The van der Waals surface area contributed by atoms with Gasteiger partial charge in [0.05, 0.1) is 39.5 Å². The van der Waals surface area contributed by atoms with Crippen molar-refractivity contribution in [2.45, 2.75) is 11.3 Å². The Morgan fingerprint density at radius 2 is 2.14 bits per heavy atom. The van der Waals surface area contributed by atoms with Gasteiger partial charge in [0.15, 0.2) is 5.82 Å². The molecule has 1 unspecified atom stereocenters.